The first-order valence-corrected chi connectivity index (χ1v) is 7.45. The lowest BCUT2D eigenvalue weighted by molar-refractivity contribution is 0.0924. The highest BCUT2D eigenvalue weighted by molar-refractivity contribution is 9.10. The molecule has 1 heterocycles. The maximum atomic E-state index is 12.3. The van der Waals surface area contributed by atoms with Crippen molar-refractivity contribution in [3.63, 3.8) is 0 Å². The van der Waals surface area contributed by atoms with Gasteiger partial charge in [0, 0.05) is 5.02 Å². The van der Waals surface area contributed by atoms with Gasteiger partial charge in [-0.25, -0.2) is 0 Å². The molecule has 5 heteroatoms. The van der Waals surface area contributed by atoms with Crippen molar-refractivity contribution in [2.75, 3.05) is 0 Å². The van der Waals surface area contributed by atoms with E-state index in [1.165, 1.54) is 6.26 Å². The smallest absolute Gasteiger partial charge is 0.256 e. The fraction of sp³-hybridized carbons (Fsp3) is 0.267. The van der Waals surface area contributed by atoms with Crippen LogP contribution in [0, 0.1) is 5.92 Å². The van der Waals surface area contributed by atoms with Crippen molar-refractivity contribution >= 4 is 33.4 Å². The second kappa shape index (κ2) is 6.46. The van der Waals surface area contributed by atoms with E-state index in [-0.39, 0.29) is 17.9 Å². The van der Waals surface area contributed by atoms with E-state index in [1.807, 2.05) is 24.3 Å². The molecular formula is C15H15BrClNO2. The molecule has 1 amide bonds. The Labute approximate surface area is 131 Å². The van der Waals surface area contributed by atoms with Crippen LogP contribution in [0.2, 0.25) is 5.02 Å². The minimum Gasteiger partial charge on any atom is -0.457 e. The van der Waals surface area contributed by atoms with Crippen LogP contribution in [0.5, 0.6) is 0 Å². The van der Waals surface area contributed by atoms with Crippen LogP contribution in [0.25, 0.3) is 0 Å². The lowest BCUT2D eigenvalue weighted by Gasteiger charge is -2.22. The summed E-state index contributed by atoms with van der Waals surface area (Å²) < 4.78 is 5.53. The minimum absolute atomic E-state index is 0.0819. The average molecular weight is 357 g/mol. The van der Waals surface area contributed by atoms with Gasteiger partial charge in [-0.2, -0.15) is 0 Å². The molecule has 1 aromatic carbocycles. The van der Waals surface area contributed by atoms with Crippen LogP contribution in [0.3, 0.4) is 0 Å². The van der Waals surface area contributed by atoms with Crippen LogP contribution in [0.4, 0.5) is 0 Å². The Morgan fingerprint density at radius 3 is 2.40 bits per heavy atom. The van der Waals surface area contributed by atoms with Gasteiger partial charge in [0.15, 0.2) is 4.67 Å². The molecule has 0 radical (unpaired) electrons. The summed E-state index contributed by atoms with van der Waals surface area (Å²) in [6.45, 7) is 4.12. The predicted molar refractivity (Wildman–Crippen MR) is 82.9 cm³/mol. The quantitative estimate of drug-likeness (QED) is 0.853. The molecule has 20 heavy (non-hydrogen) atoms. The second-order valence-electron chi connectivity index (χ2n) is 4.85. The van der Waals surface area contributed by atoms with E-state index in [0.717, 1.165) is 5.56 Å². The first kappa shape index (κ1) is 15.1. The van der Waals surface area contributed by atoms with Gasteiger partial charge in [0.25, 0.3) is 5.91 Å². The SMILES string of the molecule is CC(C)C(NC(=O)c1ccoc1Br)c1ccc(Cl)cc1. The number of nitrogens with one attached hydrogen (secondary N) is 1. The molecule has 1 unspecified atom stereocenters. The number of hydrogen-bond donors (Lipinski definition) is 1. The maximum Gasteiger partial charge on any atom is 0.256 e. The van der Waals surface area contributed by atoms with Crippen molar-refractivity contribution in [1.82, 2.24) is 5.32 Å². The van der Waals surface area contributed by atoms with E-state index >= 15 is 0 Å². The van der Waals surface area contributed by atoms with Gasteiger partial charge >= 0.3 is 0 Å². The highest BCUT2D eigenvalue weighted by Gasteiger charge is 2.21. The summed E-state index contributed by atoms with van der Waals surface area (Å²) in [4.78, 5) is 12.3. The first-order valence-electron chi connectivity index (χ1n) is 6.28. The second-order valence-corrected chi connectivity index (χ2v) is 6.01. The fourth-order valence-corrected chi connectivity index (χ4v) is 2.53. The van der Waals surface area contributed by atoms with Crippen molar-refractivity contribution in [3.8, 4) is 0 Å². The van der Waals surface area contributed by atoms with Gasteiger partial charge in [-0.15, -0.1) is 0 Å². The van der Waals surface area contributed by atoms with E-state index in [2.05, 4.69) is 35.1 Å². The molecule has 0 aliphatic heterocycles. The van der Waals surface area contributed by atoms with E-state index in [9.17, 15) is 4.79 Å². The Hall–Kier alpha value is -1.26. The molecule has 1 aromatic heterocycles. The Kier molecular flexibility index (Phi) is 4.89. The summed E-state index contributed by atoms with van der Waals surface area (Å²) in [6.07, 6.45) is 1.48. The summed E-state index contributed by atoms with van der Waals surface area (Å²) in [7, 11) is 0. The molecule has 0 saturated heterocycles. The average Bonchev–Trinajstić information content (AvgIpc) is 2.83. The third-order valence-corrected chi connectivity index (χ3v) is 3.91. The molecule has 0 saturated carbocycles. The number of carbonyl (C=O) groups excluding carboxylic acids is 1. The number of carbonyl (C=O) groups is 1. The minimum atomic E-state index is -0.167. The lowest BCUT2D eigenvalue weighted by Crippen LogP contribution is -2.31. The van der Waals surface area contributed by atoms with E-state index in [1.54, 1.807) is 6.07 Å². The Bertz CT molecular complexity index is 592. The monoisotopic (exact) mass is 355 g/mol. The van der Waals surface area contributed by atoms with Gasteiger partial charge in [0.05, 0.1) is 17.9 Å². The van der Waals surface area contributed by atoms with Crippen molar-refractivity contribution in [2.24, 2.45) is 5.92 Å². The summed E-state index contributed by atoms with van der Waals surface area (Å²) in [5.74, 6) is 0.0880. The standard InChI is InChI=1S/C15H15BrClNO2/c1-9(2)13(10-3-5-11(17)6-4-10)18-15(19)12-7-8-20-14(12)16/h3-9,13H,1-2H3,(H,18,19). The number of rotatable bonds is 4. The summed E-state index contributed by atoms with van der Waals surface area (Å²) in [6, 6.07) is 9.06. The molecule has 1 atom stereocenters. The van der Waals surface area contributed by atoms with Gasteiger partial charge in [0.1, 0.15) is 0 Å². The Balaban J connectivity index is 2.20. The zero-order valence-electron chi connectivity index (χ0n) is 11.2. The van der Waals surface area contributed by atoms with Crippen LogP contribution in [-0.2, 0) is 0 Å². The number of halogens is 2. The molecule has 0 spiro atoms. The molecule has 3 nitrogen and oxygen atoms in total. The summed E-state index contributed by atoms with van der Waals surface area (Å²) >= 11 is 9.11. The number of amides is 1. The zero-order chi connectivity index (χ0) is 14.7. The summed E-state index contributed by atoms with van der Waals surface area (Å²) in [5.41, 5.74) is 1.52. The van der Waals surface area contributed by atoms with Gasteiger partial charge < -0.3 is 9.73 Å². The van der Waals surface area contributed by atoms with E-state index in [0.29, 0.717) is 15.3 Å². The summed E-state index contributed by atoms with van der Waals surface area (Å²) in [5, 5.41) is 3.70. The third kappa shape index (κ3) is 3.44. The van der Waals surface area contributed by atoms with Gasteiger partial charge in [-0.3, -0.25) is 4.79 Å². The van der Waals surface area contributed by atoms with E-state index < -0.39 is 0 Å². The molecular weight excluding hydrogens is 342 g/mol. The largest absolute Gasteiger partial charge is 0.457 e. The van der Waals surface area contributed by atoms with Gasteiger partial charge in [0.2, 0.25) is 0 Å². The molecule has 106 valence electrons. The normalized spacial score (nSPS) is 12.4. The van der Waals surface area contributed by atoms with Crippen LogP contribution in [-0.4, -0.2) is 5.91 Å². The number of furan rings is 1. The van der Waals surface area contributed by atoms with Gasteiger partial charge in [-0.05, 0) is 45.6 Å². The van der Waals surface area contributed by atoms with Crippen LogP contribution in [0.1, 0.15) is 35.8 Å². The van der Waals surface area contributed by atoms with Crippen molar-refractivity contribution in [3.05, 3.63) is 57.4 Å². The van der Waals surface area contributed by atoms with Crippen LogP contribution < -0.4 is 5.32 Å². The number of hydrogen-bond acceptors (Lipinski definition) is 2. The van der Waals surface area contributed by atoms with Crippen LogP contribution in [0.15, 0.2) is 45.7 Å². The molecule has 1 N–H and O–H groups in total. The van der Waals surface area contributed by atoms with Crippen LogP contribution >= 0.6 is 27.5 Å². The zero-order valence-corrected chi connectivity index (χ0v) is 13.5. The first-order chi connectivity index (χ1) is 9.49. The maximum absolute atomic E-state index is 12.3. The molecule has 0 bridgehead atoms. The highest BCUT2D eigenvalue weighted by atomic mass is 79.9. The molecule has 2 rings (SSSR count). The van der Waals surface area contributed by atoms with Crippen molar-refractivity contribution in [1.29, 1.82) is 0 Å². The Morgan fingerprint density at radius 2 is 1.90 bits per heavy atom. The van der Waals surface area contributed by atoms with Crippen molar-refractivity contribution in [2.45, 2.75) is 19.9 Å². The van der Waals surface area contributed by atoms with Crippen molar-refractivity contribution < 1.29 is 9.21 Å². The van der Waals surface area contributed by atoms with Gasteiger partial charge in [-0.1, -0.05) is 37.6 Å². The predicted octanol–water partition coefficient (Wildman–Crippen LogP) is 4.82. The number of benzene rings is 1. The fourth-order valence-electron chi connectivity index (χ4n) is 1.98. The highest BCUT2D eigenvalue weighted by Crippen LogP contribution is 2.25. The topological polar surface area (TPSA) is 42.2 Å². The molecule has 0 aliphatic rings. The third-order valence-electron chi connectivity index (χ3n) is 3.04. The molecule has 0 fully saturated rings. The lowest BCUT2D eigenvalue weighted by atomic mass is 9.96. The molecule has 0 aliphatic carbocycles. The Morgan fingerprint density at radius 1 is 1.25 bits per heavy atom. The van der Waals surface area contributed by atoms with E-state index in [4.69, 9.17) is 16.0 Å². The molecule has 2 aromatic rings.